The number of nitrogens with zero attached hydrogens (tertiary/aromatic N) is 1. The van der Waals surface area contributed by atoms with Crippen LogP contribution in [0.5, 0.6) is 5.75 Å². The summed E-state index contributed by atoms with van der Waals surface area (Å²) in [5, 5.41) is 3.30. The molecular weight excluding hydrogens is 492 g/mol. The number of nitrogens with one attached hydrogen (secondary N) is 1. The van der Waals surface area contributed by atoms with Crippen molar-refractivity contribution in [2.45, 2.75) is 31.6 Å². The number of halogens is 2. The molecular formula is C21H24BrClN2O4S. The quantitative estimate of drug-likeness (QED) is 0.622. The van der Waals surface area contributed by atoms with Gasteiger partial charge in [-0.1, -0.05) is 27.5 Å². The molecule has 162 valence electrons. The van der Waals surface area contributed by atoms with Gasteiger partial charge < -0.3 is 10.1 Å². The first-order valence-electron chi connectivity index (χ1n) is 9.54. The second-order valence-electron chi connectivity index (χ2n) is 7.40. The van der Waals surface area contributed by atoms with E-state index in [9.17, 15) is 13.2 Å². The predicted octanol–water partition coefficient (Wildman–Crippen LogP) is 4.77. The molecule has 0 unspecified atom stereocenters. The van der Waals surface area contributed by atoms with Crippen molar-refractivity contribution in [1.82, 2.24) is 4.31 Å². The Balaban J connectivity index is 1.82. The van der Waals surface area contributed by atoms with E-state index in [-0.39, 0.29) is 23.1 Å². The van der Waals surface area contributed by atoms with Crippen molar-refractivity contribution in [2.24, 2.45) is 5.92 Å². The van der Waals surface area contributed by atoms with E-state index >= 15 is 0 Å². The Morgan fingerprint density at radius 2 is 1.90 bits per heavy atom. The standard InChI is InChI=1S/C21H24BrClN2O4S/c1-13-9-16(22)10-14(2)20(13)24-21(26)15-5-4-8-25(12-15)30(27,28)19-11-17(23)6-7-18(19)29-3/h6-7,9-11,15H,4-5,8,12H2,1-3H3,(H,24,26)/t15-/m1/s1. The van der Waals surface area contributed by atoms with Crippen LogP contribution in [0.4, 0.5) is 5.69 Å². The van der Waals surface area contributed by atoms with Crippen LogP contribution in [0.1, 0.15) is 24.0 Å². The van der Waals surface area contributed by atoms with E-state index in [1.165, 1.54) is 23.5 Å². The average Bonchev–Trinajstić information content (AvgIpc) is 2.70. The number of anilines is 1. The molecule has 0 bridgehead atoms. The highest BCUT2D eigenvalue weighted by molar-refractivity contribution is 9.10. The summed E-state index contributed by atoms with van der Waals surface area (Å²) in [6, 6.07) is 8.36. The summed E-state index contributed by atoms with van der Waals surface area (Å²) in [5.74, 6) is -0.394. The van der Waals surface area contributed by atoms with Crippen molar-refractivity contribution in [2.75, 3.05) is 25.5 Å². The Labute approximate surface area is 190 Å². The molecule has 0 saturated carbocycles. The number of amides is 1. The highest BCUT2D eigenvalue weighted by Crippen LogP contribution is 2.32. The maximum atomic E-state index is 13.2. The van der Waals surface area contributed by atoms with Crippen molar-refractivity contribution in [3.8, 4) is 5.75 Å². The largest absolute Gasteiger partial charge is 0.495 e. The van der Waals surface area contributed by atoms with Gasteiger partial charge >= 0.3 is 0 Å². The molecule has 1 amide bonds. The van der Waals surface area contributed by atoms with Gasteiger partial charge in [0, 0.05) is 28.3 Å². The third-order valence-corrected chi connectivity index (χ3v) is 7.82. The summed E-state index contributed by atoms with van der Waals surface area (Å²) in [6.07, 6.45) is 1.22. The summed E-state index contributed by atoms with van der Waals surface area (Å²) in [7, 11) is -2.44. The van der Waals surface area contributed by atoms with Gasteiger partial charge in [0.05, 0.1) is 13.0 Å². The summed E-state index contributed by atoms with van der Waals surface area (Å²) in [5.41, 5.74) is 2.65. The first-order chi connectivity index (χ1) is 14.1. The first-order valence-corrected chi connectivity index (χ1v) is 12.2. The second kappa shape index (κ2) is 9.26. The van der Waals surface area contributed by atoms with Crippen LogP contribution in [0.25, 0.3) is 0 Å². The van der Waals surface area contributed by atoms with Gasteiger partial charge in [0.2, 0.25) is 15.9 Å². The van der Waals surface area contributed by atoms with E-state index in [0.717, 1.165) is 21.3 Å². The lowest BCUT2D eigenvalue weighted by atomic mass is 9.98. The molecule has 3 rings (SSSR count). The van der Waals surface area contributed by atoms with E-state index in [2.05, 4.69) is 21.2 Å². The molecule has 0 aromatic heterocycles. The van der Waals surface area contributed by atoms with Crippen LogP contribution in [-0.4, -0.2) is 38.8 Å². The number of methoxy groups -OCH3 is 1. The Morgan fingerprint density at radius 3 is 2.53 bits per heavy atom. The third kappa shape index (κ3) is 4.82. The summed E-state index contributed by atoms with van der Waals surface area (Å²) in [4.78, 5) is 13.0. The van der Waals surface area contributed by atoms with E-state index in [1.54, 1.807) is 6.07 Å². The SMILES string of the molecule is COc1ccc(Cl)cc1S(=O)(=O)N1CCC[C@@H](C(=O)Nc2c(C)cc(Br)cc2C)C1. The minimum absolute atomic E-state index is 0.0122. The molecule has 30 heavy (non-hydrogen) atoms. The van der Waals surface area contributed by atoms with E-state index in [0.29, 0.717) is 24.4 Å². The number of hydrogen-bond donors (Lipinski definition) is 1. The van der Waals surface area contributed by atoms with Crippen molar-refractivity contribution in [3.63, 3.8) is 0 Å². The van der Waals surface area contributed by atoms with Gasteiger partial charge in [0.1, 0.15) is 10.6 Å². The highest BCUT2D eigenvalue weighted by Gasteiger charge is 2.35. The Morgan fingerprint density at radius 1 is 1.23 bits per heavy atom. The molecule has 0 aliphatic carbocycles. The van der Waals surface area contributed by atoms with E-state index in [4.69, 9.17) is 16.3 Å². The molecule has 9 heteroatoms. The minimum Gasteiger partial charge on any atom is -0.495 e. The Bertz CT molecular complexity index is 1050. The Kier molecular flexibility index (Phi) is 7.12. The number of ether oxygens (including phenoxy) is 1. The fourth-order valence-corrected chi connectivity index (χ4v) is 6.33. The molecule has 1 saturated heterocycles. The monoisotopic (exact) mass is 514 g/mol. The molecule has 2 aromatic carbocycles. The van der Waals surface area contributed by atoms with Crippen LogP contribution < -0.4 is 10.1 Å². The van der Waals surface area contributed by atoms with E-state index in [1.807, 2.05) is 26.0 Å². The van der Waals surface area contributed by atoms with Crippen LogP contribution in [0.3, 0.4) is 0 Å². The molecule has 2 aromatic rings. The van der Waals surface area contributed by atoms with Gasteiger partial charge in [-0.05, 0) is 68.1 Å². The van der Waals surface area contributed by atoms with Gasteiger partial charge in [0.15, 0.2) is 0 Å². The van der Waals surface area contributed by atoms with Crippen LogP contribution in [0.2, 0.25) is 5.02 Å². The molecule has 1 atom stereocenters. The topological polar surface area (TPSA) is 75.7 Å². The molecule has 0 spiro atoms. The number of rotatable bonds is 5. The molecule has 1 aliphatic rings. The second-order valence-corrected chi connectivity index (χ2v) is 10.7. The number of benzene rings is 2. The van der Waals surface area contributed by atoms with Gasteiger partial charge in [-0.15, -0.1) is 0 Å². The predicted molar refractivity (Wildman–Crippen MR) is 122 cm³/mol. The number of hydrogen-bond acceptors (Lipinski definition) is 4. The summed E-state index contributed by atoms with van der Waals surface area (Å²) >= 11 is 9.48. The van der Waals surface area contributed by atoms with Crippen LogP contribution in [0, 0.1) is 19.8 Å². The van der Waals surface area contributed by atoms with Gasteiger partial charge in [0.25, 0.3) is 0 Å². The molecule has 6 nitrogen and oxygen atoms in total. The van der Waals surface area contributed by atoms with Crippen molar-refractivity contribution < 1.29 is 17.9 Å². The van der Waals surface area contributed by atoms with Gasteiger partial charge in [-0.25, -0.2) is 8.42 Å². The molecule has 1 N–H and O–H groups in total. The first kappa shape index (κ1) is 23.1. The fourth-order valence-electron chi connectivity index (χ4n) is 3.70. The fraction of sp³-hybridized carbons (Fsp3) is 0.381. The maximum Gasteiger partial charge on any atom is 0.246 e. The lowest BCUT2D eigenvalue weighted by Gasteiger charge is -2.31. The van der Waals surface area contributed by atoms with Crippen molar-refractivity contribution in [1.29, 1.82) is 0 Å². The van der Waals surface area contributed by atoms with Crippen LogP contribution in [0.15, 0.2) is 39.7 Å². The van der Waals surface area contributed by atoms with Crippen molar-refractivity contribution >= 4 is 49.1 Å². The summed E-state index contributed by atoms with van der Waals surface area (Å²) < 4.78 is 34.0. The average molecular weight is 516 g/mol. The number of carbonyl (C=O) groups is 1. The highest BCUT2D eigenvalue weighted by atomic mass is 79.9. The minimum atomic E-state index is -3.85. The van der Waals surface area contributed by atoms with Crippen LogP contribution >= 0.6 is 27.5 Å². The molecule has 1 fully saturated rings. The molecule has 0 radical (unpaired) electrons. The molecule has 1 heterocycles. The lowest BCUT2D eigenvalue weighted by molar-refractivity contribution is -0.120. The zero-order chi connectivity index (χ0) is 22.1. The molecule has 1 aliphatic heterocycles. The van der Waals surface area contributed by atoms with E-state index < -0.39 is 15.9 Å². The smallest absolute Gasteiger partial charge is 0.246 e. The number of piperidine rings is 1. The number of sulfonamides is 1. The lowest BCUT2D eigenvalue weighted by Crippen LogP contribution is -2.43. The Hall–Kier alpha value is -1.61. The maximum absolute atomic E-state index is 13.2. The number of carbonyl (C=O) groups excluding carboxylic acids is 1. The van der Waals surface area contributed by atoms with Crippen LogP contribution in [-0.2, 0) is 14.8 Å². The normalized spacial score (nSPS) is 17.6. The zero-order valence-corrected chi connectivity index (χ0v) is 20.2. The third-order valence-electron chi connectivity index (χ3n) is 5.24. The zero-order valence-electron chi connectivity index (χ0n) is 17.0. The van der Waals surface area contributed by atoms with Crippen molar-refractivity contribution in [3.05, 3.63) is 51.0 Å². The van der Waals surface area contributed by atoms with Gasteiger partial charge in [-0.2, -0.15) is 4.31 Å². The summed E-state index contributed by atoms with van der Waals surface area (Å²) in [6.45, 7) is 4.31. The van der Waals surface area contributed by atoms with Gasteiger partial charge in [-0.3, -0.25) is 4.79 Å². The number of aryl methyl sites for hydroxylation is 2.